The van der Waals surface area contributed by atoms with Crippen molar-refractivity contribution in [3.05, 3.63) is 125 Å². The Hall–Kier alpha value is -5.96. The minimum Gasteiger partial charge on any atom is -0.423 e. The molecule has 64 heavy (non-hydrogen) atoms. The van der Waals surface area contributed by atoms with Crippen LogP contribution in [0.25, 0.3) is 11.1 Å². The number of imide groups is 1. The Balaban J connectivity index is 0.737. The van der Waals surface area contributed by atoms with Crippen LogP contribution in [0.3, 0.4) is 0 Å². The number of hydrogen-bond acceptors (Lipinski definition) is 9. The highest BCUT2D eigenvalue weighted by Gasteiger charge is 2.39. The summed E-state index contributed by atoms with van der Waals surface area (Å²) < 4.78 is 0. The predicted octanol–water partition coefficient (Wildman–Crippen LogP) is 4.27. The maximum absolute atomic E-state index is 13.7. The van der Waals surface area contributed by atoms with Crippen molar-refractivity contribution in [3.8, 4) is 0 Å². The number of piperidine rings is 2. The number of anilines is 2. The van der Waals surface area contributed by atoms with Crippen LogP contribution < -0.4 is 20.6 Å². The van der Waals surface area contributed by atoms with E-state index >= 15 is 0 Å². The van der Waals surface area contributed by atoms with E-state index in [0.29, 0.717) is 43.0 Å². The third-order valence-electron chi connectivity index (χ3n) is 14.0. The molecular weight excluding hydrogens is 805 g/mol. The predicted molar refractivity (Wildman–Crippen MR) is 250 cm³/mol. The summed E-state index contributed by atoms with van der Waals surface area (Å²) in [6.45, 7) is 11.8. The second kappa shape index (κ2) is 19.0. The minimum absolute atomic E-state index is 0.143. The fraction of sp³-hybridized carbons (Fsp3) is 0.400. The molecule has 0 bridgehead atoms. The van der Waals surface area contributed by atoms with Gasteiger partial charge in [-0.25, -0.2) is 4.79 Å². The van der Waals surface area contributed by atoms with Crippen molar-refractivity contribution >= 4 is 58.9 Å². The molecule has 5 heterocycles. The number of likely N-dealkylation sites (tertiary alicyclic amines) is 1. The van der Waals surface area contributed by atoms with Crippen molar-refractivity contribution in [2.75, 3.05) is 81.8 Å². The van der Waals surface area contributed by atoms with E-state index in [9.17, 15) is 29.2 Å². The van der Waals surface area contributed by atoms with Crippen LogP contribution in [0.5, 0.6) is 0 Å². The molecule has 332 valence electrons. The molecule has 1 atom stereocenters. The van der Waals surface area contributed by atoms with Crippen LogP contribution in [0.4, 0.5) is 16.2 Å². The standard InChI is InChI=1S/C50H58BN7O6/c1-2-43(36-6-4-3-5-7-36)47(37-8-12-40(13-9-37)51(63)64)38-10-14-41(15-11-38)54-28-30-57(31-29-54)50(62)56-22-20-35(21-23-56)33-53-24-26-55(27-25-53)42-16-17-44-39(32-42)34-58(49(44)61)45-18-19-46(59)52-48(45)60/h3-17,32,35,45,63-64H,2,18-31,33-34H2,1H3,(H,52,59,60)/b47-43-. The third kappa shape index (κ3) is 9.18. The quantitative estimate of drug-likeness (QED) is 0.121. The van der Waals surface area contributed by atoms with E-state index in [1.807, 2.05) is 35.2 Å². The van der Waals surface area contributed by atoms with E-state index in [0.717, 1.165) is 117 Å². The third-order valence-corrected chi connectivity index (χ3v) is 14.0. The lowest BCUT2D eigenvalue weighted by atomic mass is 9.79. The van der Waals surface area contributed by atoms with Crippen molar-refractivity contribution in [3.63, 3.8) is 0 Å². The molecule has 0 aromatic heterocycles. The normalized spacial score (nSPS) is 20.3. The highest BCUT2D eigenvalue weighted by molar-refractivity contribution is 6.58. The largest absolute Gasteiger partial charge is 0.488 e. The van der Waals surface area contributed by atoms with Crippen LogP contribution in [0.2, 0.25) is 0 Å². The zero-order chi connectivity index (χ0) is 44.3. The van der Waals surface area contributed by atoms with Gasteiger partial charge in [-0.3, -0.25) is 24.6 Å². The Morgan fingerprint density at radius 1 is 0.688 bits per heavy atom. The molecule has 14 heteroatoms. The first-order valence-corrected chi connectivity index (χ1v) is 23.0. The fourth-order valence-electron chi connectivity index (χ4n) is 10.3. The fourth-order valence-corrected chi connectivity index (χ4v) is 10.3. The number of piperazine rings is 2. The number of nitrogens with one attached hydrogen (secondary N) is 1. The van der Waals surface area contributed by atoms with Crippen LogP contribution in [-0.2, 0) is 16.1 Å². The Kier molecular flexibility index (Phi) is 12.9. The molecule has 4 aromatic rings. The molecule has 5 aliphatic rings. The number of amides is 5. The summed E-state index contributed by atoms with van der Waals surface area (Å²) in [4.78, 5) is 64.0. The second-order valence-corrected chi connectivity index (χ2v) is 17.8. The minimum atomic E-state index is -1.51. The Morgan fingerprint density at radius 2 is 1.30 bits per heavy atom. The summed E-state index contributed by atoms with van der Waals surface area (Å²) in [6.07, 6.45) is 3.46. The highest BCUT2D eigenvalue weighted by atomic mass is 16.4. The number of urea groups is 1. The zero-order valence-electron chi connectivity index (χ0n) is 36.7. The number of benzene rings is 4. The number of allylic oxidation sites excluding steroid dienone is 1. The monoisotopic (exact) mass is 863 g/mol. The topological polar surface area (TPSA) is 140 Å². The van der Waals surface area contributed by atoms with Crippen LogP contribution in [-0.4, -0.2) is 139 Å². The van der Waals surface area contributed by atoms with Crippen molar-refractivity contribution in [2.24, 2.45) is 5.92 Å². The molecule has 4 saturated heterocycles. The van der Waals surface area contributed by atoms with Gasteiger partial charge in [-0.2, -0.15) is 0 Å². The molecule has 0 saturated carbocycles. The molecule has 4 fully saturated rings. The second-order valence-electron chi connectivity index (χ2n) is 17.8. The van der Waals surface area contributed by atoms with E-state index in [-0.39, 0.29) is 30.2 Å². The summed E-state index contributed by atoms with van der Waals surface area (Å²) in [7, 11) is -1.51. The van der Waals surface area contributed by atoms with Gasteiger partial charge in [-0.1, -0.05) is 73.7 Å². The van der Waals surface area contributed by atoms with Crippen LogP contribution >= 0.6 is 0 Å². The van der Waals surface area contributed by atoms with Crippen LogP contribution in [0.15, 0.2) is 97.1 Å². The van der Waals surface area contributed by atoms with Gasteiger partial charge in [0.25, 0.3) is 5.91 Å². The number of carbonyl (C=O) groups is 4. The molecule has 1 unspecified atom stereocenters. The zero-order valence-corrected chi connectivity index (χ0v) is 36.7. The van der Waals surface area contributed by atoms with Gasteiger partial charge >= 0.3 is 13.1 Å². The molecule has 5 amide bonds. The first-order chi connectivity index (χ1) is 31.1. The lowest BCUT2D eigenvalue weighted by molar-refractivity contribution is -0.136. The van der Waals surface area contributed by atoms with E-state index in [1.165, 1.54) is 5.57 Å². The van der Waals surface area contributed by atoms with E-state index < -0.39 is 13.2 Å². The number of rotatable bonds is 10. The van der Waals surface area contributed by atoms with Gasteiger partial charge in [-0.05, 0) is 101 Å². The van der Waals surface area contributed by atoms with Gasteiger partial charge < -0.3 is 34.5 Å². The van der Waals surface area contributed by atoms with Crippen LogP contribution in [0, 0.1) is 5.92 Å². The highest BCUT2D eigenvalue weighted by Crippen LogP contribution is 2.36. The van der Waals surface area contributed by atoms with Gasteiger partial charge in [0, 0.05) is 102 Å². The molecular formula is C50H58BN7O6. The van der Waals surface area contributed by atoms with E-state index in [2.05, 4.69) is 86.4 Å². The van der Waals surface area contributed by atoms with Gasteiger partial charge in [0.15, 0.2) is 0 Å². The van der Waals surface area contributed by atoms with Crippen molar-refractivity contribution in [2.45, 2.75) is 51.6 Å². The van der Waals surface area contributed by atoms with E-state index in [4.69, 9.17) is 0 Å². The SMILES string of the molecule is CC/C(=C(\c1ccc(B(O)O)cc1)c1ccc(N2CCN(C(=O)N3CCC(CN4CCN(c5ccc6c(c5)CN(C5CCC(=O)NC5=O)C6=O)CC4)CC3)CC2)cc1)c1ccccc1. The average molecular weight is 864 g/mol. The van der Waals surface area contributed by atoms with Gasteiger partial charge in [0.05, 0.1) is 0 Å². The van der Waals surface area contributed by atoms with Crippen molar-refractivity contribution in [1.29, 1.82) is 0 Å². The number of carbonyl (C=O) groups excluding carboxylic acids is 4. The smallest absolute Gasteiger partial charge is 0.423 e. The van der Waals surface area contributed by atoms with Gasteiger partial charge in [0.1, 0.15) is 6.04 Å². The lowest BCUT2D eigenvalue weighted by Crippen LogP contribution is -2.54. The summed E-state index contributed by atoms with van der Waals surface area (Å²) in [5, 5.41) is 21.8. The van der Waals surface area contributed by atoms with Crippen molar-refractivity contribution in [1.82, 2.24) is 24.9 Å². The Morgan fingerprint density at radius 3 is 1.94 bits per heavy atom. The Labute approximate surface area is 376 Å². The van der Waals surface area contributed by atoms with Crippen molar-refractivity contribution < 1.29 is 29.2 Å². The molecule has 0 radical (unpaired) electrons. The average Bonchev–Trinajstić information content (AvgIpc) is 3.66. The van der Waals surface area contributed by atoms with E-state index in [1.54, 1.807) is 17.0 Å². The first-order valence-electron chi connectivity index (χ1n) is 23.0. The summed E-state index contributed by atoms with van der Waals surface area (Å²) >= 11 is 0. The maximum atomic E-state index is 13.7. The maximum Gasteiger partial charge on any atom is 0.488 e. The molecule has 3 N–H and O–H groups in total. The summed E-state index contributed by atoms with van der Waals surface area (Å²) in [6, 6.07) is 32.1. The molecule has 0 spiro atoms. The Bertz CT molecular complexity index is 2370. The number of nitrogens with zero attached hydrogens (tertiary/aromatic N) is 6. The van der Waals surface area contributed by atoms with Crippen LogP contribution in [0.1, 0.15) is 71.6 Å². The molecule has 5 aliphatic heterocycles. The van der Waals surface area contributed by atoms with Gasteiger partial charge in [0.2, 0.25) is 11.8 Å². The molecule has 9 rings (SSSR count). The lowest BCUT2D eigenvalue weighted by Gasteiger charge is -2.42. The molecule has 4 aromatic carbocycles. The summed E-state index contributed by atoms with van der Waals surface area (Å²) in [5.74, 6) is -0.253. The molecule has 0 aliphatic carbocycles. The molecule has 13 nitrogen and oxygen atoms in total. The summed E-state index contributed by atoms with van der Waals surface area (Å²) in [5.41, 5.74) is 9.88. The number of fused-ring (bicyclic) bond motifs is 1. The number of hydrogen-bond donors (Lipinski definition) is 3. The van der Waals surface area contributed by atoms with Gasteiger partial charge in [-0.15, -0.1) is 0 Å². The first kappa shape index (κ1) is 43.3.